The minimum absolute atomic E-state index is 0.571. The van der Waals surface area contributed by atoms with Crippen molar-refractivity contribution in [2.45, 2.75) is 19.0 Å². The zero-order chi connectivity index (χ0) is 9.97. The maximum Gasteiger partial charge on any atom is 0.0236 e. The van der Waals surface area contributed by atoms with Gasteiger partial charge in [-0.25, -0.2) is 0 Å². The molecule has 1 aliphatic rings. The lowest BCUT2D eigenvalue weighted by Gasteiger charge is -2.26. The third-order valence-electron chi connectivity index (χ3n) is 2.67. The molecule has 0 radical (unpaired) electrons. The number of nitrogens with one attached hydrogen (secondary N) is 2. The summed E-state index contributed by atoms with van der Waals surface area (Å²) >= 11 is 3.51. The summed E-state index contributed by atoms with van der Waals surface area (Å²) in [5, 5.41) is 6.73. The molecule has 0 saturated heterocycles. The normalized spacial score (nSPS) is 20.6. The van der Waals surface area contributed by atoms with Gasteiger partial charge in [-0.3, -0.25) is 0 Å². The molecule has 1 heterocycles. The van der Waals surface area contributed by atoms with Crippen LogP contribution in [-0.2, 0) is 13.0 Å². The zero-order valence-electron chi connectivity index (χ0n) is 8.31. The Morgan fingerprint density at radius 2 is 2.36 bits per heavy atom. The van der Waals surface area contributed by atoms with Crippen LogP contribution in [0.25, 0.3) is 0 Å². The fraction of sp³-hybridized carbons (Fsp3) is 0.455. The maximum absolute atomic E-state index is 3.52. The van der Waals surface area contributed by atoms with E-state index in [1.54, 1.807) is 0 Å². The van der Waals surface area contributed by atoms with Crippen molar-refractivity contribution >= 4 is 15.9 Å². The Bertz CT molecular complexity index is 325. The molecule has 0 bridgehead atoms. The van der Waals surface area contributed by atoms with E-state index in [2.05, 4.69) is 44.8 Å². The highest BCUT2D eigenvalue weighted by atomic mass is 79.9. The Balaban J connectivity index is 2.16. The van der Waals surface area contributed by atoms with Crippen LogP contribution >= 0.6 is 15.9 Å². The van der Waals surface area contributed by atoms with E-state index in [1.807, 2.05) is 7.05 Å². The molecular formula is C11H15BrN2. The van der Waals surface area contributed by atoms with E-state index >= 15 is 0 Å². The highest BCUT2D eigenvalue weighted by Crippen LogP contribution is 2.21. The van der Waals surface area contributed by atoms with Crippen LogP contribution in [-0.4, -0.2) is 19.6 Å². The van der Waals surface area contributed by atoms with Gasteiger partial charge in [0.1, 0.15) is 0 Å². The summed E-state index contributed by atoms with van der Waals surface area (Å²) in [7, 11) is 2.00. The molecule has 1 aliphatic heterocycles. The highest BCUT2D eigenvalue weighted by molar-refractivity contribution is 9.10. The third-order valence-corrected chi connectivity index (χ3v) is 3.16. The SMILES string of the molecule is CNCC1Cc2cc(Br)ccc2CN1. The lowest BCUT2D eigenvalue weighted by atomic mass is 9.96. The smallest absolute Gasteiger partial charge is 0.0236 e. The number of hydrogen-bond acceptors (Lipinski definition) is 2. The summed E-state index contributed by atoms with van der Waals surface area (Å²) < 4.78 is 1.18. The molecule has 1 unspecified atom stereocenters. The van der Waals surface area contributed by atoms with Gasteiger partial charge >= 0.3 is 0 Å². The second-order valence-corrected chi connectivity index (χ2v) is 4.67. The fourth-order valence-corrected chi connectivity index (χ4v) is 2.35. The average molecular weight is 255 g/mol. The van der Waals surface area contributed by atoms with Crippen LogP contribution in [0.3, 0.4) is 0 Å². The zero-order valence-corrected chi connectivity index (χ0v) is 9.89. The predicted molar refractivity (Wildman–Crippen MR) is 62.4 cm³/mol. The molecule has 2 nitrogen and oxygen atoms in total. The van der Waals surface area contributed by atoms with Gasteiger partial charge in [-0.2, -0.15) is 0 Å². The molecule has 0 fully saturated rings. The minimum Gasteiger partial charge on any atom is -0.318 e. The first kappa shape index (κ1) is 10.1. The highest BCUT2D eigenvalue weighted by Gasteiger charge is 2.16. The first-order valence-electron chi connectivity index (χ1n) is 4.95. The average Bonchev–Trinajstić information content (AvgIpc) is 2.17. The van der Waals surface area contributed by atoms with Crippen molar-refractivity contribution in [2.75, 3.05) is 13.6 Å². The number of likely N-dealkylation sites (N-methyl/N-ethyl adjacent to an activating group) is 1. The molecule has 1 aromatic carbocycles. The number of fused-ring (bicyclic) bond motifs is 1. The van der Waals surface area contributed by atoms with Crippen LogP contribution in [0.15, 0.2) is 22.7 Å². The lowest BCUT2D eigenvalue weighted by molar-refractivity contribution is 0.462. The molecule has 76 valence electrons. The molecule has 1 atom stereocenters. The van der Waals surface area contributed by atoms with Gasteiger partial charge in [0.15, 0.2) is 0 Å². The quantitative estimate of drug-likeness (QED) is 0.840. The fourth-order valence-electron chi connectivity index (χ4n) is 1.94. The van der Waals surface area contributed by atoms with E-state index in [4.69, 9.17) is 0 Å². The van der Waals surface area contributed by atoms with Crippen LogP contribution in [0, 0.1) is 0 Å². The Kier molecular flexibility index (Phi) is 3.21. The summed E-state index contributed by atoms with van der Waals surface area (Å²) in [6.07, 6.45) is 1.12. The number of halogens is 1. The first-order valence-corrected chi connectivity index (χ1v) is 5.74. The van der Waals surface area contributed by atoms with Crippen LogP contribution in [0.2, 0.25) is 0 Å². The summed E-state index contributed by atoms with van der Waals surface area (Å²) in [6.45, 7) is 2.03. The molecule has 0 aliphatic carbocycles. The second-order valence-electron chi connectivity index (χ2n) is 3.75. The summed E-state index contributed by atoms with van der Waals surface area (Å²) in [5.74, 6) is 0. The second kappa shape index (κ2) is 4.43. The van der Waals surface area contributed by atoms with E-state index in [9.17, 15) is 0 Å². The monoisotopic (exact) mass is 254 g/mol. The molecular weight excluding hydrogens is 240 g/mol. The van der Waals surface area contributed by atoms with Gasteiger partial charge in [-0.1, -0.05) is 22.0 Å². The number of benzene rings is 1. The Hall–Kier alpha value is -0.380. The van der Waals surface area contributed by atoms with E-state index in [1.165, 1.54) is 15.6 Å². The Labute approximate surface area is 93.2 Å². The molecule has 2 N–H and O–H groups in total. The van der Waals surface area contributed by atoms with Gasteiger partial charge in [0, 0.05) is 23.6 Å². The Morgan fingerprint density at radius 1 is 1.50 bits per heavy atom. The molecule has 0 spiro atoms. The molecule has 0 aromatic heterocycles. The number of hydrogen-bond donors (Lipinski definition) is 2. The largest absolute Gasteiger partial charge is 0.318 e. The molecule has 0 saturated carbocycles. The van der Waals surface area contributed by atoms with Gasteiger partial charge in [0.05, 0.1) is 0 Å². The van der Waals surface area contributed by atoms with E-state index < -0.39 is 0 Å². The third kappa shape index (κ3) is 2.16. The lowest BCUT2D eigenvalue weighted by Crippen LogP contribution is -2.42. The molecule has 0 amide bonds. The van der Waals surface area contributed by atoms with Crippen molar-refractivity contribution in [3.63, 3.8) is 0 Å². The number of rotatable bonds is 2. The summed E-state index contributed by atoms with van der Waals surface area (Å²) in [5.41, 5.74) is 2.90. The van der Waals surface area contributed by atoms with Gasteiger partial charge in [0.2, 0.25) is 0 Å². The van der Waals surface area contributed by atoms with Gasteiger partial charge < -0.3 is 10.6 Å². The van der Waals surface area contributed by atoms with Crippen molar-refractivity contribution in [2.24, 2.45) is 0 Å². The van der Waals surface area contributed by atoms with Gasteiger partial charge in [-0.05, 0) is 36.7 Å². The van der Waals surface area contributed by atoms with E-state index in [-0.39, 0.29) is 0 Å². The van der Waals surface area contributed by atoms with E-state index in [0.29, 0.717) is 6.04 Å². The predicted octanol–water partition coefficient (Wildman–Crippen LogP) is 1.68. The van der Waals surface area contributed by atoms with Gasteiger partial charge in [0.25, 0.3) is 0 Å². The molecule has 1 aromatic rings. The van der Waals surface area contributed by atoms with Crippen LogP contribution in [0.4, 0.5) is 0 Å². The van der Waals surface area contributed by atoms with Crippen molar-refractivity contribution in [3.05, 3.63) is 33.8 Å². The topological polar surface area (TPSA) is 24.1 Å². The molecule has 2 rings (SSSR count). The van der Waals surface area contributed by atoms with Crippen molar-refractivity contribution in [3.8, 4) is 0 Å². The van der Waals surface area contributed by atoms with Crippen LogP contribution in [0.5, 0.6) is 0 Å². The van der Waals surface area contributed by atoms with Crippen molar-refractivity contribution < 1.29 is 0 Å². The molecule has 14 heavy (non-hydrogen) atoms. The van der Waals surface area contributed by atoms with Crippen LogP contribution in [0.1, 0.15) is 11.1 Å². The summed E-state index contributed by atoms with van der Waals surface area (Å²) in [6, 6.07) is 7.11. The van der Waals surface area contributed by atoms with Gasteiger partial charge in [-0.15, -0.1) is 0 Å². The molecule has 3 heteroatoms. The minimum atomic E-state index is 0.571. The Morgan fingerprint density at radius 3 is 3.14 bits per heavy atom. The maximum atomic E-state index is 3.52. The van der Waals surface area contributed by atoms with Crippen LogP contribution < -0.4 is 10.6 Å². The summed E-state index contributed by atoms with van der Waals surface area (Å²) in [4.78, 5) is 0. The van der Waals surface area contributed by atoms with E-state index in [0.717, 1.165) is 19.5 Å². The van der Waals surface area contributed by atoms with Crippen molar-refractivity contribution in [1.29, 1.82) is 0 Å². The standard InChI is InChI=1S/C11H15BrN2/c1-13-7-11-5-9-4-10(12)3-2-8(9)6-14-11/h2-4,11,13-14H,5-7H2,1H3. The van der Waals surface area contributed by atoms with Crippen molar-refractivity contribution in [1.82, 2.24) is 10.6 Å². The first-order chi connectivity index (χ1) is 6.79.